The van der Waals surface area contributed by atoms with E-state index in [2.05, 4.69) is 24.0 Å². The van der Waals surface area contributed by atoms with Crippen LogP contribution in [0.2, 0.25) is 0 Å². The highest BCUT2D eigenvalue weighted by Gasteiger charge is 2.12. The maximum absolute atomic E-state index is 5.98. The molecular weight excluding hydrogens is 252 g/mol. The molecule has 2 rings (SSSR count). The van der Waals surface area contributed by atoms with Crippen LogP contribution in [0.3, 0.4) is 0 Å². The van der Waals surface area contributed by atoms with Crippen molar-refractivity contribution < 1.29 is 4.74 Å². The van der Waals surface area contributed by atoms with Crippen LogP contribution < -0.4 is 10.5 Å². The second-order valence-corrected chi connectivity index (χ2v) is 5.41. The van der Waals surface area contributed by atoms with Crippen LogP contribution in [0.15, 0.2) is 12.1 Å². The molecule has 1 aromatic carbocycles. The summed E-state index contributed by atoms with van der Waals surface area (Å²) < 4.78 is 7.87. The van der Waals surface area contributed by atoms with E-state index in [0.717, 1.165) is 34.2 Å². The highest BCUT2D eigenvalue weighted by atomic mass is 16.5. The summed E-state index contributed by atoms with van der Waals surface area (Å²) in [7, 11) is 1.94. The molecule has 5 heteroatoms. The molecule has 0 fully saturated rings. The van der Waals surface area contributed by atoms with E-state index in [1.165, 1.54) is 0 Å². The third-order valence-corrected chi connectivity index (χ3v) is 3.56. The Kier molecular flexibility index (Phi) is 3.97. The Balaban J connectivity index is 2.24. The zero-order chi connectivity index (χ0) is 14.9. The fourth-order valence-corrected chi connectivity index (χ4v) is 2.01. The van der Waals surface area contributed by atoms with E-state index < -0.39 is 0 Å². The fraction of sp³-hybridized carbons (Fsp3) is 0.467. The second kappa shape index (κ2) is 5.53. The third kappa shape index (κ3) is 2.76. The number of ether oxygens (including phenoxy) is 1. The molecule has 0 saturated carbocycles. The Labute approximate surface area is 119 Å². The van der Waals surface area contributed by atoms with Gasteiger partial charge in [-0.15, -0.1) is 10.2 Å². The van der Waals surface area contributed by atoms with Crippen molar-refractivity contribution in [3.63, 3.8) is 0 Å². The normalized spacial score (nSPS) is 11.1. The van der Waals surface area contributed by atoms with Gasteiger partial charge in [0.15, 0.2) is 5.82 Å². The molecule has 5 nitrogen and oxygen atoms in total. The Morgan fingerprint density at radius 1 is 1.25 bits per heavy atom. The molecule has 0 spiro atoms. The molecule has 0 atom stereocenters. The molecule has 1 heterocycles. The van der Waals surface area contributed by atoms with Gasteiger partial charge in [-0.05, 0) is 43.0 Å². The average molecular weight is 274 g/mol. The summed E-state index contributed by atoms with van der Waals surface area (Å²) in [6.45, 7) is 8.56. The maximum Gasteiger partial charge on any atom is 0.170 e. The van der Waals surface area contributed by atoms with Crippen LogP contribution in [0.5, 0.6) is 5.75 Å². The van der Waals surface area contributed by atoms with Crippen molar-refractivity contribution in [1.82, 2.24) is 14.8 Å². The van der Waals surface area contributed by atoms with Crippen molar-refractivity contribution in [3.8, 4) is 5.75 Å². The van der Waals surface area contributed by atoms with Crippen molar-refractivity contribution in [2.45, 2.75) is 40.2 Å². The minimum atomic E-state index is 0.356. The summed E-state index contributed by atoms with van der Waals surface area (Å²) in [5.41, 5.74) is 8.93. The lowest BCUT2D eigenvalue weighted by Crippen LogP contribution is -2.07. The number of hydrogen-bond acceptors (Lipinski definition) is 4. The highest BCUT2D eigenvalue weighted by Crippen LogP contribution is 2.31. The van der Waals surface area contributed by atoms with Crippen LogP contribution >= 0.6 is 0 Å². The van der Waals surface area contributed by atoms with Gasteiger partial charge in [0, 0.05) is 12.7 Å². The van der Waals surface area contributed by atoms with Gasteiger partial charge in [0.2, 0.25) is 0 Å². The van der Waals surface area contributed by atoms with Gasteiger partial charge in [0.1, 0.15) is 18.2 Å². The molecule has 1 aromatic heterocycles. The first kappa shape index (κ1) is 14.4. The van der Waals surface area contributed by atoms with Crippen LogP contribution in [0.1, 0.15) is 42.5 Å². The number of rotatable bonds is 4. The third-order valence-electron chi connectivity index (χ3n) is 3.56. The van der Waals surface area contributed by atoms with Crippen molar-refractivity contribution in [2.24, 2.45) is 7.05 Å². The van der Waals surface area contributed by atoms with Gasteiger partial charge in [0.25, 0.3) is 0 Å². The number of aromatic nitrogens is 3. The quantitative estimate of drug-likeness (QED) is 0.871. The Hall–Kier alpha value is -2.04. The van der Waals surface area contributed by atoms with Crippen LogP contribution in [-0.2, 0) is 13.7 Å². The van der Waals surface area contributed by atoms with Gasteiger partial charge in [0.05, 0.1) is 0 Å². The molecule has 0 aliphatic heterocycles. The van der Waals surface area contributed by atoms with Crippen molar-refractivity contribution in [1.29, 1.82) is 0 Å². The van der Waals surface area contributed by atoms with Gasteiger partial charge < -0.3 is 15.0 Å². The molecule has 0 unspecified atom stereocenters. The maximum atomic E-state index is 5.98. The first-order chi connectivity index (χ1) is 9.40. The lowest BCUT2D eigenvalue weighted by Gasteiger charge is -2.16. The zero-order valence-electron chi connectivity index (χ0n) is 12.8. The molecule has 0 bridgehead atoms. The topological polar surface area (TPSA) is 66.0 Å². The largest absolute Gasteiger partial charge is 0.485 e. The van der Waals surface area contributed by atoms with Crippen molar-refractivity contribution in [2.75, 3.05) is 5.73 Å². The fourth-order valence-electron chi connectivity index (χ4n) is 2.01. The van der Waals surface area contributed by atoms with E-state index in [1.54, 1.807) is 0 Å². The van der Waals surface area contributed by atoms with Crippen LogP contribution in [0.4, 0.5) is 5.69 Å². The molecule has 0 radical (unpaired) electrons. The number of benzene rings is 1. The molecule has 20 heavy (non-hydrogen) atoms. The average Bonchev–Trinajstić information content (AvgIpc) is 2.71. The van der Waals surface area contributed by atoms with Crippen LogP contribution in [0, 0.1) is 13.8 Å². The summed E-state index contributed by atoms with van der Waals surface area (Å²) in [5, 5.41) is 8.14. The molecule has 2 aromatic rings. The Morgan fingerprint density at radius 2 is 1.95 bits per heavy atom. The van der Waals surface area contributed by atoms with Gasteiger partial charge >= 0.3 is 0 Å². The predicted molar refractivity (Wildman–Crippen MR) is 79.8 cm³/mol. The molecule has 0 saturated heterocycles. The number of anilines is 1. The minimum Gasteiger partial charge on any atom is -0.485 e. The van der Waals surface area contributed by atoms with Gasteiger partial charge in [-0.1, -0.05) is 13.8 Å². The summed E-state index contributed by atoms with van der Waals surface area (Å²) in [4.78, 5) is 0. The molecule has 0 amide bonds. The molecular formula is C15H22N4O. The van der Waals surface area contributed by atoms with E-state index in [4.69, 9.17) is 10.5 Å². The lowest BCUT2D eigenvalue weighted by molar-refractivity contribution is 0.287. The Bertz CT molecular complexity index is 617. The van der Waals surface area contributed by atoms with Gasteiger partial charge in [-0.3, -0.25) is 0 Å². The van der Waals surface area contributed by atoms with Crippen molar-refractivity contribution >= 4 is 5.69 Å². The summed E-state index contributed by atoms with van der Waals surface area (Å²) in [6.07, 6.45) is 0. The Morgan fingerprint density at radius 3 is 2.50 bits per heavy atom. The first-order valence-corrected chi connectivity index (χ1v) is 6.77. The van der Waals surface area contributed by atoms with E-state index in [1.807, 2.05) is 37.6 Å². The first-order valence-electron chi connectivity index (χ1n) is 6.77. The summed E-state index contributed by atoms with van der Waals surface area (Å²) in [6, 6.07) is 3.99. The zero-order valence-corrected chi connectivity index (χ0v) is 12.8. The number of nitrogens with zero attached hydrogens (tertiary/aromatic N) is 3. The number of aryl methyl sites for hydroxylation is 2. The second-order valence-electron chi connectivity index (χ2n) is 5.41. The lowest BCUT2D eigenvalue weighted by atomic mass is 9.99. The van der Waals surface area contributed by atoms with Crippen LogP contribution in [0.25, 0.3) is 0 Å². The number of nitrogen functional groups attached to an aromatic ring is 1. The SMILES string of the molecule is Cc1cc(OCc2nnc(C)n2C)c(C(C)C)cc1N. The monoisotopic (exact) mass is 274 g/mol. The minimum absolute atomic E-state index is 0.356. The molecule has 0 aliphatic rings. The highest BCUT2D eigenvalue weighted by molar-refractivity contribution is 5.55. The number of nitrogens with two attached hydrogens (primary N) is 1. The molecule has 2 N–H and O–H groups in total. The predicted octanol–water partition coefficient (Wildman–Crippen LogP) is 2.72. The standard InChI is InChI=1S/C15H22N4O/c1-9(2)12-7-13(16)10(3)6-14(12)20-8-15-18-17-11(4)19(15)5/h6-7,9H,8,16H2,1-5H3. The van der Waals surface area contributed by atoms with E-state index in [-0.39, 0.29) is 0 Å². The number of hydrogen-bond donors (Lipinski definition) is 1. The molecule has 0 aliphatic carbocycles. The van der Waals surface area contributed by atoms with Crippen molar-refractivity contribution in [3.05, 3.63) is 34.9 Å². The van der Waals surface area contributed by atoms with E-state index >= 15 is 0 Å². The smallest absolute Gasteiger partial charge is 0.170 e. The van der Waals surface area contributed by atoms with E-state index in [9.17, 15) is 0 Å². The van der Waals surface area contributed by atoms with E-state index in [0.29, 0.717) is 12.5 Å². The summed E-state index contributed by atoms with van der Waals surface area (Å²) >= 11 is 0. The van der Waals surface area contributed by atoms with Gasteiger partial charge in [-0.25, -0.2) is 0 Å². The van der Waals surface area contributed by atoms with Crippen LogP contribution in [-0.4, -0.2) is 14.8 Å². The summed E-state index contributed by atoms with van der Waals surface area (Å²) in [5.74, 6) is 2.91. The van der Waals surface area contributed by atoms with Gasteiger partial charge in [-0.2, -0.15) is 0 Å². The molecule has 108 valence electrons.